The van der Waals surface area contributed by atoms with Gasteiger partial charge in [0.25, 0.3) is 0 Å². The van der Waals surface area contributed by atoms with Crippen LogP contribution in [0.5, 0.6) is 0 Å². The molecule has 0 N–H and O–H groups in total. The molecule has 0 bridgehead atoms. The molecule has 1 nitrogen and oxygen atoms in total. The van der Waals surface area contributed by atoms with E-state index in [1.165, 1.54) is 49.8 Å². The molecule has 2 aromatic rings. The Labute approximate surface area is 141 Å². The number of unbranched alkanes of at least 4 members (excludes halogenated alkanes) is 5. The SMILES string of the molecule is CCCCCCCCN(C=Cc1ccccc1)c1ccccc1. The highest BCUT2D eigenvalue weighted by molar-refractivity contribution is 5.57. The summed E-state index contributed by atoms with van der Waals surface area (Å²) in [5.74, 6) is 0. The number of nitrogens with zero attached hydrogens (tertiary/aromatic N) is 1. The molecule has 0 aliphatic heterocycles. The summed E-state index contributed by atoms with van der Waals surface area (Å²) in [6.45, 7) is 3.35. The van der Waals surface area contributed by atoms with E-state index in [0.29, 0.717) is 0 Å². The van der Waals surface area contributed by atoms with Crippen LogP contribution < -0.4 is 4.90 Å². The third-order valence-electron chi connectivity index (χ3n) is 4.09. The van der Waals surface area contributed by atoms with E-state index in [1.807, 2.05) is 0 Å². The van der Waals surface area contributed by atoms with Gasteiger partial charge in [-0.3, -0.25) is 0 Å². The lowest BCUT2D eigenvalue weighted by atomic mass is 10.1. The van der Waals surface area contributed by atoms with Gasteiger partial charge in [0, 0.05) is 18.4 Å². The Morgan fingerprint density at radius 1 is 0.739 bits per heavy atom. The molecular weight excluding hydrogens is 278 g/mol. The van der Waals surface area contributed by atoms with Crippen molar-refractivity contribution in [1.29, 1.82) is 0 Å². The standard InChI is InChI=1S/C22H29N/c1-2-3-4-5-6-13-19-23(22-16-11-8-12-17-22)20-18-21-14-9-7-10-15-21/h7-12,14-18,20H,2-6,13,19H2,1H3. The molecule has 2 aromatic carbocycles. The van der Waals surface area contributed by atoms with Crippen molar-refractivity contribution >= 4 is 11.8 Å². The second kappa shape index (κ2) is 10.7. The van der Waals surface area contributed by atoms with Crippen LogP contribution in [0.3, 0.4) is 0 Å². The molecule has 0 aliphatic carbocycles. The van der Waals surface area contributed by atoms with E-state index in [1.54, 1.807) is 0 Å². The number of rotatable bonds is 10. The lowest BCUT2D eigenvalue weighted by Crippen LogP contribution is -2.17. The topological polar surface area (TPSA) is 3.24 Å². The van der Waals surface area contributed by atoms with Crippen LogP contribution >= 0.6 is 0 Å². The van der Waals surface area contributed by atoms with Gasteiger partial charge in [-0.05, 0) is 30.2 Å². The molecule has 0 spiro atoms. The molecule has 23 heavy (non-hydrogen) atoms. The van der Waals surface area contributed by atoms with Crippen molar-refractivity contribution in [2.45, 2.75) is 45.4 Å². The molecule has 122 valence electrons. The van der Waals surface area contributed by atoms with Crippen molar-refractivity contribution in [2.24, 2.45) is 0 Å². The molecule has 0 atom stereocenters. The zero-order valence-electron chi connectivity index (χ0n) is 14.3. The van der Waals surface area contributed by atoms with Gasteiger partial charge in [-0.2, -0.15) is 0 Å². The maximum atomic E-state index is 2.37. The first-order valence-electron chi connectivity index (χ1n) is 8.95. The maximum absolute atomic E-state index is 2.37. The van der Waals surface area contributed by atoms with Crippen molar-refractivity contribution < 1.29 is 0 Å². The third-order valence-corrected chi connectivity index (χ3v) is 4.09. The van der Waals surface area contributed by atoms with Crippen molar-refractivity contribution in [1.82, 2.24) is 0 Å². The fraction of sp³-hybridized carbons (Fsp3) is 0.364. The highest BCUT2D eigenvalue weighted by Gasteiger charge is 2.02. The van der Waals surface area contributed by atoms with Crippen LogP contribution in [-0.4, -0.2) is 6.54 Å². The molecule has 1 heteroatoms. The van der Waals surface area contributed by atoms with Gasteiger partial charge >= 0.3 is 0 Å². The van der Waals surface area contributed by atoms with Crippen molar-refractivity contribution in [3.63, 3.8) is 0 Å². The van der Waals surface area contributed by atoms with Crippen LogP contribution in [0.15, 0.2) is 66.9 Å². The minimum absolute atomic E-state index is 1.08. The molecule has 0 saturated heterocycles. The maximum Gasteiger partial charge on any atom is 0.0406 e. The summed E-state index contributed by atoms with van der Waals surface area (Å²) in [6, 6.07) is 21.2. The highest BCUT2D eigenvalue weighted by atomic mass is 15.1. The Balaban J connectivity index is 1.92. The summed E-state index contributed by atoms with van der Waals surface area (Å²) in [5.41, 5.74) is 2.52. The first-order valence-corrected chi connectivity index (χ1v) is 8.95. The smallest absolute Gasteiger partial charge is 0.0406 e. The molecule has 0 amide bonds. The predicted octanol–water partition coefficient (Wildman–Crippen LogP) is 6.52. The average molecular weight is 307 g/mol. The van der Waals surface area contributed by atoms with Crippen molar-refractivity contribution in [3.8, 4) is 0 Å². The van der Waals surface area contributed by atoms with Gasteiger partial charge in [0.2, 0.25) is 0 Å². The van der Waals surface area contributed by atoms with Crippen LogP contribution in [0.2, 0.25) is 0 Å². The highest BCUT2D eigenvalue weighted by Crippen LogP contribution is 2.16. The summed E-state index contributed by atoms with van der Waals surface area (Å²) in [5, 5.41) is 0. The molecule has 0 aliphatic rings. The molecule has 0 saturated carbocycles. The van der Waals surface area contributed by atoms with Gasteiger partial charge in [-0.25, -0.2) is 0 Å². The fourth-order valence-electron chi connectivity index (χ4n) is 2.71. The molecule has 0 heterocycles. The first-order chi connectivity index (χ1) is 11.4. The Morgan fingerprint density at radius 3 is 2.04 bits per heavy atom. The van der Waals surface area contributed by atoms with Crippen LogP contribution in [0.25, 0.3) is 6.08 Å². The van der Waals surface area contributed by atoms with Gasteiger partial charge in [0.1, 0.15) is 0 Å². The van der Waals surface area contributed by atoms with E-state index in [0.717, 1.165) is 6.54 Å². The zero-order chi connectivity index (χ0) is 16.2. The number of anilines is 1. The second-order valence-electron chi connectivity index (χ2n) is 6.02. The monoisotopic (exact) mass is 307 g/mol. The summed E-state index contributed by atoms with van der Waals surface area (Å²) in [7, 11) is 0. The third kappa shape index (κ3) is 6.73. The molecule has 0 radical (unpaired) electrons. The van der Waals surface area contributed by atoms with E-state index in [2.05, 4.69) is 84.8 Å². The van der Waals surface area contributed by atoms with Crippen LogP contribution in [-0.2, 0) is 0 Å². The normalized spacial score (nSPS) is 11.0. The number of benzene rings is 2. The minimum atomic E-state index is 1.08. The Bertz CT molecular complexity index is 545. The van der Waals surface area contributed by atoms with Gasteiger partial charge < -0.3 is 4.90 Å². The summed E-state index contributed by atoms with van der Waals surface area (Å²) < 4.78 is 0. The Kier molecular flexibility index (Phi) is 8.04. The van der Waals surface area contributed by atoms with Crippen molar-refractivity contribution in [3.05, 3.63) is 72.4 Å². The first kappa shape index (κ1) is 17.3. The largest absolute Gasteiger partial charge is 0.348 e. The molecular formula is C22H29N. The predicted molar refractivity (Wildman–Crippen MR) is 103 cm³/mol. The lowest BCUT2D eigenvalue weighted by molar-refractivity contribution is 0.609. The molecule has 2 rings (SSSR count). The van der Waals surface area contributed by atoms with Crippen molar-refractivity contribution in [2.75, 3.05) is 11.4 Å². The molecule has 0 unspecified atom stereocenters. The molecule has 0 fully saturated rings. The van der Waals surface area contributed by atoms with Crippen LogP contribution in [0.1, 0.15) is 51.0 Å². The summed E-state index contributed by atoms with van der Waals surface area (Å²) in [4.78, 5) is 2.37. The van der Waals surface area contributed by atoms with Crippen LogP contribution in [0.4, 0.5) is 5.69 Å². The second-order valence-corrected chi connectivity index (χ2v) is 6.02. The minimum Gasteiger partial charge on any atom is -0.348 e. The lowest BCUT2D eigenvalue weighted by Gasteiger charge is -2.20. The van der Waals surface area contributed by atoms with Gasteiger partial charge in [-0.1, -0.05) is 87.6 Å². The molecule has 0 aromatic heterocycles. The van der Waals surface area contributed by atoms with Gasteiger partial charge in [0.05, 0.1) is 0 Å². The van der Waals surface area contributed by atoms with Gasteiger partial charge in [-0.15, -0.1) is 0 Å². The van der Waals surface area contributed by atoms with E-state index in [-0.39, 0.29) is 0 Å². The number of hydrogen-bond acceptors (Lipinski definition) is 1. The van der Waals surface area contributed by atoms with Crippen LogP contribution in [0, 0.1) is 0 Å². The Hall–Kier alpha value is -2.02. The number of para-hydroxylation sites is 1. The number of hydrogen-bond donors (Lipinski definition) is 0. The quantitative estimate of drug-likeness (QED) is 0.451. The van der Waals surface area contributed by atoms with E-state index in [9.17, 15) is 0 Å². The van der Waals surface area contributed by atoms with E-state index >= 15 is 0 Å². The zero-order valence-corrected chi connectivity index (χ0v) is 14.3. The fourth-order valence-corrected chi connectivity index (χ4v) is 2.71. The Morgan fingerprint density at radius 2 is 1.35 bits per heavy atom. The van der Waals surface area contributed by atoms with E-state index in [4.69, 9.17) is 0 Å². The summed E-state index contributed by atoms with van der Waals surface area (Å²) in [6.07, 6.45) is 12.4. The summed E-state index contributed by atoms with van der Waals surface area (Å²) >= 11 is 0. The van der Waals surface area contributed by atoms with E-state index < -0.39 is 0 Å². The average Bonchev–Trinajstić information content (AvgIpc) is 2.62. The van der Waals surface area contributed by atoms with Gasteiger partial charge in [0.15, 0.2) is 0 Å².